The molecule has 3 heterocycles. The second-order valence-corrected chi connectivity index (χ2v) is 26.6. The lowest BCUT2D eigenvalue weighted by Gasteiger charge is -2.27. The lowest BCUT2D eigenvalue weighted by Crippen LogP contribution is -2.27. The second-order valence-electron chi connectivity index (χ2n) is 21.6. The Kier molecular flexibility index (Phi) is 27.1. The minimum absolute atomic E-state index is 0. The molecule has 3 aromatic rings. The van der Waals surface area contributed by atoms with Gasteiger partial charge in [-0.25, -0.2) is 0 Å². The van der Waals surface area contributed by atoms with Gasteiger partial charge in [0.05, 0.1) is 43.0 Å². The van der Waals surface area contributed by atoms with Gasteiger partial charge in [0, 0.05) is 76.5 Å². The van der Waals surface area contributed by atoms with Crippen LogP contribution < -0.4 is 0 Å². The van der Waals surface area contributed by atoms with Crippen LogP contribution in [0.15, 0.2) is 91.0 Å². The first-order chi connectivity index (χ1) is 36.3. The summed E-state index contributed by atoms with van der Waals surface area (Å²) in [5.74, 6) is 1.91. The molecular weight excluding hydrogens is 1080 g/mol. The summed E-state index contributed by atoms with van der Waals surface area (Å²) in [6, 6.07) is 31.5. The van der Waals surface area contributed by atoms with Crippen LogP contribution in [0, 0.1) is 35.5 Å². The van der Waals surface area contributed by atoms with Gasteiger partial charge < -0.3 is 52.4 Å². The van der Waals surface area contributed by atoms with Crippen molar-refractivity contribution in [3.63, 3.8) is 0 Å². The van der Waals surface area contributed by atoms with E-state index in [2.05, 4.69) is 138 Å². The summed E-state index contributed by atoms with van der Waals surface area (Å²) in [5.41, 5.74) is 4.01. The van der Waals surface area contributed by atoms with E-state index in [1.54, 1.807) is 0 Å². The number of aliphatic hydroxyl groups is 3. The molecule has 3 saturated carbocycles. The highest BCUT2D eigenvalue weighted by Gasteiger charge is 2.52. The van der Waals surface area contributed by atoms with Crippen molar-refractivity contribution < 1.29 is 61.5 Å². The van der Waals surface area contributed by atoms with Gasteiger partial charge in [-0.2, -0.15) is 0 Å². The normalized spacial score (nSPS) is 31.5. The van der Waals surface area contributed by atoms with Gasteiger partial charge in [-0.1, -0.05) is 91.0 Å². The molecule has 0 aromatic heterocycles. The molecule has 3 aliphatic heterocycles. The second kappa shape index (κ2) is 32.5. The molecule has 0 spiro atoms. The molecule has 24 atom stereocenters. The van der Waals surface area contributed by atoms with E-state index in [9.17, 15) is 20.1 Å². The zero-order valence-electron chi connectivity index (χ0n) is 43.4. The van der Waals surface area contributed by atoms with Gasteiger partial charge in [0.1, 0.15) is 6.10 Å². The highest BCUT2D eigenvalue weighted by atomic mass is 31.1. The third kappa shape index (κ3) is 19.5. The fourth-order valence-electron chi connectivity index (χ4n) is 13.0. The van der Waals surface area contributed by atoms with Crippen LogP contribution >= 0.6 is 64.9 Å². The largest absolute Gasteiger partial charge is 0.462 e. The first kappa shape index (κ1) is 62.5. The summed E-state index contributed by atoms with van der Waals surface area (Å²) in [6.07, 6.45) is 15.8. The van der Waals surface area contributed by atoms with E-state index in [4.69, 9.17) is 37.1 Å². The van der Waals surface area contributed by atoms with Crippen molar-refractivity contribution in [1.29, 1.82) is 0 Å². The van der Waals surface area contributed by atoms with Gasteiger partial charge >= 0.3 is 18.7 Å². The summed E-state index contributed by atoms with van der Waals surface area (Å²) >= 11 is 0. The van der Waals surface area contributed by atoms with Crippen LogP contribution in [0.25, 0.3) is 0 Å². The topological polar surface area (TPSA) is 152 Å². The molecule has 0 bridgehead atoms. The standard InChI is InChI=1S/C18H30BO4P3.C18H28BO4P3.C18H27O4P.3H2/c2*20-18-10-15-14(17(22-19(24)25)11-16(15)21-18)9-8-13(23-26)7-6-12-4-2-1-3-5-12;19-16-11-17-15(10-18(20)21-17)14(16)9-8-13(22-23)7-6-12-4-2-1-3-5-12;;;/h1-5,13-18,20H,6-11,24-26H2;1-5,13-17H,6-11,24-26H2;1-5,13-20H,6-11,23H2;3*1H/t13-,14+,15+,16-,17+,18?;13-,14+,15+,16-,17+;13-,14+,15+,16+,17-,18?;;;/m000.../s1/i;;;3*1+2. The number of benzene rings is 3. The van der Waals surface area contributed by atoms with Gasteiger partial charge in [-0.05, 0) is 130 Å². The fraction of sp³-hybridized carbons (Fsp3) is 0.648. The first-order valence-electron chi connectivity index (χ1n) is 27.4. The van der Waals surface area contributed by atoms with Gasteiger partial charge in [0.2, 0.25) is 0 Å². The van der Waals surface area contributed by atoms with Crippen molar-refractivity contribution >= 4 is 83.6 Å². The highest BCUT2D eigenvalue weighted by Crippen LogP contribution is 2.49. The van der Waals surface area contributed by atoms with E-state index >= 15 is 0 Å². The number of fused-ring (bicyclic) bond motifs is 3. The number of rotatable bonds is 25. The predicted molar refractivity (Wildman–Crippen MR) is 328 cm³/mol. The van der Waals surface area contributed by atoms with E-state index in [0.29, 0.717) is 48.9 Å². The third-order valence-corrected chi connectivity index (χ3v) is 18.5. The molecule has 3 aromatic carbocycles. The molecule has 12 nitrogen and oxygen atoms in total. The number of carbonyl (C=O) groups excluding carboxylic acids is 1. The fourth-order valence-corrected chi connectivity index (χ4v) is 14.6. The maximum Gasteiger partial charge on any atom is 0.336 e. The Morgan fingerprint density at radius 1 is 0.507 bits per heavy atom. The van der Waals surface area contributed by atoms with Crippen molar-refractivity contribution in [2.24, 2.45) is 35.5 Å². The molecule has 3 saturated heterocycles. The minimum Gasteiger partial charge on any atom is -0.462 e. The van der Waals surface area contributed by atoms with Crippen LogP contribution in [0.3, 0.4) is 0 Å². The molecule has 21 heteroatoms. The molecule has 9 rings (SSSR count). The van der Waals surface area contributed by atoms with Crippen LogP contribution in [-0.4, -0.2) is 102 Å². The summed E-state index contributed by atoms with van der Waals surface area (Å²) in [4.78, 5) is 11.7. The van der Waals surface area contributed by atoms with Crippen molar-refractivity contribution in [2.45, 2.75) is 183 Å². The Balaban J connectivity index is 0.000000248. The number of hydrogen-bond donors (Lipinski definition) is 3. The Hall–Kier alpha value is -0.130. The lowest BCUT2D eigenvalue weighted by atomic mass is 9.86. The molecule has 6 aliphatic rings. The van der Waals surface area contributed by atoms with Crippen LogP contribution in [0.4, 0.5) is 0 Å². The predicted octanol–water partition coefficient (Wildman–Crippen LogP) is 10.5. The highest BCUT2D eigenvalue weighted by molar-refractivity contribution is 7.92. The summed E-state index contributed by atoms with van der Waals surface area (Å²) < 4.78 is 45.7. The maximum absolute atomic E-state index is 11.7. The Bertz CT molecular complexity index is 2100. The molecule has 6 fully saturated rings. The monoisotopic (exact) mass is 1180 g/mol. The Morgan fingerprint density at radius 2 is 0.880 bits per heavy atom. The average Bonchev–Trinajstić information content (AvgIpc) is 4.24. The van der Waals surface area contributed by atoms with E-state index in [-0.39, 0.29) is 83.8 Å². The third-order valence-electron chi connectivity index (χ3n) is 16.7. The van der Waals surface area contributed by atoms with Crippen molar-refractivity contribution in [3.8, 4) is 0 Å². The van der Waals surface area contributed by atoms with Crippen molar-refractivity contribution in [2.75, 3.05) is 0 Å². The van der Waals surface area contributed by atoms with Crippen LogP contribution in [-0.2, 0) is 61.1 Å². The van der Waals surface area contributed by atoms with Crippen LogP contribution in [0.5, 0.6) is 0 Å². The molecule has 420 valence electrons. The summed E-state index contributed by atoms with van der Waals surface area (Å²) in [6.45, 7) is 0. The van der Waals surface area contributed by atoms with Crippen LogP contribution in [0.1, 0.15) is 117 Å². The van der Waals surface area contributed by atoms with Gasteiger partial charge in [0.15, 0.2) is 12.6 Å². The molecule has 3 aliphatic carbocycles. The number of hydrogen-bond acceptors (Lipinski definition) is 12. The lowest BCUT2D eigenvalue weighted by molar-refractivity contribution is -0.141. The van der Waals surface area contributed by atoms with Crippen LogP contribution in [0.2, 0.25) is 0 Å². The number of carbonyl (C=O) groups is 1. The number of ether oxygens (including phenoxy) is 3. The Labute approximate surface area is 469 Å². The van der Waals surface area contributed by atoms with Gasteiger partial charge in [0.25, 0.3) is 0 Å². The maximum atomic E-state index is 11.7. The quantitative estimate of drug-likeness (QED) is 0.0421. The zero-order valence-corrected chi connectivity index (χ0v) is 51.5. The SMILES string of the molecule is O=C1C[C@@H]2[C@@H](CC[C@H](CCc3ccccc3)OP)[C@H](OB(P)P)C[C@@H]2O1.OC1C[C@@H]2[C@@H](CC[C@H](CCc3ccccc3)OP)[C@H](O)C[C@@H]2O1.OC1C[C@@H]2[C@@H](CC[C@H](CCc3ccccc3)OP)[C@H](OB(P)P)C[C@@H]2O1.[3HH].[3HH].[3HH]. The molecule has 0 radical (unpaired) electrons. The first-order valence-corrected chi connectivity index (χ1v) is 31.4. The van der Waals surface area contributed by atoms with Crippen molar-refractivity contribution in [1.82, 2.24) is 0 Å². The molecule has 0 amide bonds. The minimum atomic E-state index is -0.646. The molecule has 75 heavy (non-hydrogen) atoms. The molecule has 3 N–H and O–H groups in total. The molecule has 9 unspecified atom stereocenters. The number of aryl methyl sites for hydroxylation is 3. The molecular formula is C54H91B2O12P7. The van der Waals surface area contributed by atoms with Crippen molar-refractivity contribution in [3.05, 3.63) is 108 Å². The van der Waals surface area contributed by atoms with Gasteiger partial charge in [-0.3, -0.25) is 4.79 Å². The van der Waals surface area contributed by atoms with E-state index in [1.165, 1.54) is 16.7 Å². The smallest absolute Gasteiger partial charge is 0.336 e. The van der Waals surface area contributed by atoms with E-state index in [0.717, 1.165) is 96.3 Å². The van der Waals surface area contributed by atoms with E-state index in [1.807, 2.05) is 18.2 Å². The average molecular weight is 1180 g/mol. The summed E-state index contributed by atoms with van der Waals surface area (Å²) in [5, 5.41) is 29.8. The van der Waals surface area contributed by atoms with Gasteiger partial charge in [-0.15, -0.1) is 36.5 Å². The number of esters is 1. The van der Waals surface area contributed by atoms with E-state index < -0.39 is 12.6 Å². The number of aliphatic hydroxyl groups excluding tert-OH is 3. The zero-order chi connectivity index (χ0) is 53.3. The Morgan fingerprint density at radius 3 is 1.29 bits per heavy atom. The summed E-state index contributed by atoms with van der Waals surface area (Å²) in [7, 11) is 17.9.